The number of nitrogens with zero attached hydrogens (tertiary/aromatic N) is 2. The molecule has 1 amide bonds. The van der Waals surface area contributed by atoms with E-state index < -0.39 is 5.82 Å². The van der Waals surface area contributed by atoms with Crippen molar-refractivity contribution in [3.63, 3.8) is 0 Å². The van der Waals surface area contributed by atoms with E-state index in [4.69, 9.17) is 21.7 Å². The topological polar surface area (TPSA) is 73.6 Å². The number of halogens is 1. The number of benzene rings is 2. The minimum Gasteiger partial charge on any atom is -0.497 e. The Morgan fingerprint density at radius 3 is 2.57 bits per heavy atom. The first-order chi connectivity index (χ1) is 14.5. The summed E-state index contributed by atoms with van der Waals surface area (Å²) >= 11 is 5.09. The number of aromatic nitrogens is 2. The minimum atomic E-state index is -0.472. The first-order valence-electron chi connectivity index (χ1n) is 9.62. The van der Waals surface area contributed by atoms with Gasteiger partial charge in [-0.2, -0.15) is 0 Å². The maximum absolute atomic E-state index is 14.0. The van der Waals surface area contributed by atoms with Gasteiger partial charge in [-0.15, -0.1) is 0 Å². The van der Waals surface area contributed by atoms with Crippen LogP contribution in [0.3, 0.4) is 0 Å². The summed E-state index contributed by atoms with van der Waals surface area (Å²) in [5.41, 5.74) is 2.35. The minimum absolute atomic E-state index is 0.205. The molecule has 1 aromatic heterocycles. The van der Waals surface area contributed by atoms with Crippen molar-refractivity contribution in [2.75, 3.05) is 40.4 Å². The normalized spacial score (nSPS) is 14.8. The third-order valence-corrected chi connectivity index (χ3v) is 5.57. The zero-order valence-electron chi connectivity index (χ0n) is 16.8. The van der Waals surface area contributed by atoms with Gasteiger partial charge in [-0.1, -0.05) is 0 Å². The summed E-state index contributed by atoms with van der Waals surface area (Å²) in [5.74, 6) is 0.904. The largest absolute Gasteiger partial charge is 0.497 e. The van der Waals surface area contributed by atoms with Gasteiger partial charge >= 0.3 is 0 Å². The van der Waals surface area contributed by atoms with E-state index in [9.17, 15) is 9.18 Å². The molecule has 0 spiro atoms. The van der Waals surface area contributed by atoms with Crippen molar-refractivity contribution < 1.29 is 18.7 Å². The number of rotatable bonds is 5. The number of carbonyl (C=O) groups is 1. The van der Waals surface area contributed by atoms with E-state index in [-0.39, 0.29) is 5.91 Å². The van der Waals surface area contributed by atoms with E-state index in [1.165, 1.54) is 12.1 Å². The van der Waals surface area contributed by atoms with Crippen LogP contribution in [0.2, 0.25) is 0 Å². The van der Waals surface area contributed by atoms with Crippen LogP contribution in [0, 0.1) is 10.6 Å². The number of piperazine rings is 1. The molecule has 1 fully saturated rings. The fraction of sp³-hybridized carbons (Fsp3) is 0.333. The van der Waals surface area contributed by atoms with E-state index in [0.717, 1.165) is 17.1 Å². The number of ether oxygens (including phenoxy) is 2. The number of aromatic amines is 2. The van der Waals surface area contributed by atoms with Gasteiger partial charge in [-0.3, -0.25) is 9.69 Å². The summed E-state index contributed by atoms with van der Waals surface area (Å²) in [6.07, 6.45) is 0. The molecule has 0 bridgehead atoms. The molecule has 0 saturated carbocycles. The summed E-state index contributed by atoms with van der Waals surface area (Å²) in [6, 6.07) is 8.32. The molecule has 3 aromatic rings. The summed E-state index contributed by atoms with van der Waals surface area (Å²) in [5, 5.41) is 0. The highest BCUT2D eigenvalue weighted by molar-refractivity contribution is 7.71. The van der Waals surface area contributed by atoms with Crippen LogP contribution in [0.5, 0.6) is 11.5 Å². The average Bonchev–Trinajstić information content (AvgIpc) is 3.13. The maximum Gasteiger partial charge on any atom is 0.256 e. The molecule has 1 saturated heterocycles. The van der Waals surface area contributed by atoms with Gasteiger partial charge in [-0.05, 0) is 42.5 Å². The average molecular weight is 431 g/mol. The van der Waals surface area contributed by atoms with E-state index in [0.29, 0.717) is 54.1 Å². The lowest BCUT2D eigenvalue weighted by Gasteiger charge is -2.35. The van der Waals surface area contributed by atoms with Gasteiger partial charge in [0.25, 0.3) is 5.91 Å². The van der Waals surface area contributed by atoms with Gasteiger partial charge in [0.1, 0.15) is 17.3 Å². The SMILES string of the molecule is COc1ccc(OC)c(CN2CCN(C(=O)c3cc(F)cc4[nH]c(=S)[nH]c34)CC2)c1. The molecular weight excluding hydrogens is 407 g/mol. The van der Waals surface area contributed by atoms with Gasteiger partial charge in [0.05, 0.1) is 30.8 Å². The molecule has 2 heterocycles. The van der Waals surface area contributed by atoms with Gasteiger partial charge in [-0.25, -0.2) is 4.39 Å². The van der Waals surface area contributed by atoms with Crippen molar-refractivity contribution >= 4 is 29.2 Å². The van der Waals surface area contributed by atoms with E-state index in [1.807, 2.05) is 18.2 Å². The molecule has 1 aliphatic heterocycles. The lowest BCUT2D eigenvalue weighted by Crippen LogP contribution is -2.48. The number of hydrogen-bond acceptors (Lipinski definition) is 5. The molecule has 0 atom stereocenters. The van der Waals surface area contributed by atoms with Crippen molar-refractivity contribution in [1.82, 2.24) is 19.8 Å². The number of methoxy groups -OCH3 is 2. The summed E-state index contributed by atoms with van der Waals surface area (Å²) in [7, 11) is 3.28. The molecule has 158 valence electrons. The Hall–Kier alpha value is -2.91. The quantitative estimate of drug-likeness (QED) is 0.608. The third-order valence-electron chi connectivity index (χ3n) is 5.36. The third kappa shape index (κ3) is 4.03. The first-order valence-corrected chi connectivity index (χ1v) is 10.0. The number of imidazole rings is 1. The van der Waals surface area contributed by atoms with E-state index in [2.05, 4.69) is 14.9 Å². The molecule has 0 aliphatic carbocycles. The van der Waals surface area contributed by atoms with Gasteiger partial charge in [0, 0.05) is 38.3 Å². The molecule has 7 nitrogen and oxygen atoms in total. The zero-order chi connectivity index (χ0) is 21.3. The standard InChI is InChI=1S/C21H23FN4O3S/c1-28-15-3-4-18(29-2)13(9-15)12-25-5-7-26(8-6-25)20(27)16-10-14(22)11-17-19(16)24-21(30)23-17/h3-4,9-11H,5-8,12H2,1-2H3,(H2,23,24,30). The van der Waals surface area contributed by atoms with Crippen LogP contribution in [0.25, 0.3) is 11.0 Å². The predicted molar refractivity (Wildman–Crippen MR) is 114 cm³/mol. The van der Waals surface area contributed by atoms with Crippen LogP contribution in [-0.2, 0) is 6.54 Å². The molecule has 0 unspecified atom stereocenters. The van der Waals surface area contributed by atoms with Crippen LogP contribution in [0.1, 0.15) is 15.9 Å². The van der Waals surface area contributed by atoms with Crippen molar-refractivity contribution in [3.05, 3.63) is 52.0 Å². The number of carbonyl (C=O) groups excluding carboxylic acids is 1. The number of amides is 1. The van der Waals surface area contributed by atoms with Crippen molar-refractivity contribution in [1.29, 1.82) is 0 Å². The second-order valence-electron chi connectivity index (χ2n) is 7.20. The van der Waals surface area contributed by atoms with Gasteiger partial charge in [0.15, 0.2) is 4.77 Å². The maximum atomic E-state index is 14.0. The Kier molecular flexibility index (Phi) is 5.74. The molecular formula is C21H23FN4O3S. The Morgan fingerprint density at radius 2 is 1.87 bits per heavy atom. The number of nitrogens with one attached hydrogen (secondary N) is 2. The molecule has 4 rings (SSSR count). The fourth-order valence-electron chi connectivity index (χ4n) is 3.80. The first kappa shape index (κ1) is 20.4. The molecule has 0 radical (unpaired) electrons. The van der Waals surface area contributed by atoms with E-state index in [1.54, 1.807) is 19.1 Å². The van der Waals surface area contributed by atoms with Crippen molar-refractivity contribution in [2.24, 2.45) is 0 Å². The summed E-state index contributed by atoms with van der Waals surface area (Å²) in [4.78, 5) is 22.9. The molecule has 2 aromatic carbocycles. The number of hydrogen-bond donors (Lipinski definition) is 2. The number of H-pyrrole nitrogens is 2. The Balaban J connectivity index is 1.47. The smallest absolute Gasteiger partial charge is 0.256 e. The van der Waals surface area contributed by atoms with Crippen LogP contribution in [0.4, 0.5) is 4.39 Å². The Labute approximate surface area is 178 Å². The summed E-state index contributed by atoms with van der Waals surface area (Å²) < 4.78 is 25.1. The monoisotopic (exact) mass is 430 g/mol. The Bertz CT molecular complexity index is 1130. The highest BCUT2D eigenvalue weighted by Gasteiger charge is 2.25. The molecule has 2 N–H and O–H groups in total. The van der Waals surface area contributed by atoms with Crippen molar-refractivity contribution in [3.8, 4) is 11.5 Å². The van der Waals surface area contributed by atoms with Gasteiger partial charge < -0.3 is 24.3 Å². The second kappa shape index (κ2) is 8.45. The highest BCUT2D eigenvalue weighted by atomic mass is 32.1. The molecule has 30 heavy (non-hydrogen) atoms. The molecule has 9 heteroatoms. The highest BCUT2D eigenvalue weighted by Crippen LogP contribution is 2.26. The number of fused-ring (bicyclic) bond motifs is 1. The Morgan fingerprint density at radius 1 is 1.10 bits per heavy atom. The summed E-state index contributed by atoms with van der Waals surface area (Å²) in [6.45, 7) is 3.20. The van der Waals surface area contributed by atoms with Gasteiger partial charge in [0.2, 0.25) is 0 Å². The second-order valence-corrected chi connectivity index (χ2v) is 7.61. The zero-order valence-corrected chi connectivity index (χ0v) is 17.6. The van der Waals surface area contributed by atoms with Crippen LogP contribution in [0.15, 0.2) is 30.3 Å². The van der Waals surface area contributed by atoms with Crippen LogP contribution >= 0.6 is 12.2 Å². The predicted octanol–water partition coefficient (Wildman–Crippen LogP) is 3.34. The van der Waals surface area contributed by atoms with Crippen LogP contribution < -0.4 is 9.47 Å². The van der Waals surface area contributed by atoms with Crippen molar-refractivity contribution in [2.45, 2.75) is 6.54 Å². The lowest BCUT2D eigenvalue weighted by molar-refractivity contribution is 0.0628. The fourth-order valence-corrected chi connectivity index (χ4v) is 4.01. The van der Waals surface area contributed by atoms with E-state index >= 15 is 0 Å². The lowest BCUT2D eigenvalue weighted by atomic mass is 10.1. The molecule has 1 aliphatic rings. The van der Waals surface area contributed by atoms with Crippen LogP contribution in [-0.4, -0.2) is 66.1 Å².